The Morgan fingerprint density at radius 1 is 1.36 bits per heavy atom. The summed E-state index contributed by atoms with van der Waals surface area (Å²) < 4.78 is 5.46. The van der Waals surface area contributed by atoms with E-state index in [0.717, 1.165) is 25.1 Å². The van der Waals surface area contributed by atoms with E-state index in [1.165, 1.54) is 11.1 Å². The van der Waals surface area contributed by atoms with Crippen molar-refractivity contribution in [3.8, 4) is 0 Å². The fraction of sp³-hybridized carbons (Fsp3) is 0.588. The molecule has 0 aliphatic carbocycles. The van der Waals surface area contributed by atoms with Crippen LogP contribution in [-0.4, -0.2) is 36.2 Å². The number of nitrogens with two attached hydrogens (primary N) is 1. The maximum atomic E-state index is 12.2. The molecule has 1 aromatic rings. The highest BCUT2D eigenvalue weighted by Crippen LogP contribution is 2.24. The van der Waals surface area contributed by atoms with Gasteiger partial charge in [0.2, 0.25) is 0 Å². The number of hydrogen-bond acceptors (Lipinski definition) is 4. The van der Waals surface area contributed by atoms with Gasteiger partial charge in [0.25, 0.3) is 0 Å². The Bertz CT molecular complexity index is 523. The molecule has 1 amide bonds. The van der Waals surface area contributed by atoms with Crippen LogP contribution in [0.15, 0.2) is 18.2 Å². The number of rotatable bonds is 4. The summed E-state index contributed by atoms with van der Waals surface area (Å²) in [6.45, 7) is 8.54. The van der Waals surface area contributed by atoms with Crippen LogP contribution < -0.4 is 11.1 Å². The molecule has 1 aromatic carbocycles. The van der Waals surface area contributed by atoms with Gasteiger partial charge in [0, 0.05) is 25.3 Å². The van der Waals surface area contributed by atoms with E-state index >= 15 is 0 Å². The van der Waals surface area contributed by atoms with E-state index in [1.54, 1.807) is 4.90 Å². The van der Waals surface area contributed by atoms with Crippen LogP contribution in [0.2, 0.25) is 0 Å². The van der Waals surface area contributed by atoms with Crippen LogP contribution >= 0.6 is 0 Å². The molecule has 122 valence electrons. The third-order valence-corrected chi connectivity index (χ3v) is 3.58. The topological polar surface area (TPSA) is 67.6 Å². The van der Waals surface area contributed by atoms with Gasteiger partial charge in [-0.05, 0) is 63.4 Å². The molecule has 2 rings (SSSR count). The second-order valence-electron chi connectivity index (χ2n) is 6.70. The predicted octanol–water partition coefficient (Wildman–Crippen LogP) is 2.74. The van der Waals surface area contributed by atoms with Crippen molar-refractivity contribution in [1.29, 1.82) is 0 Å². The normalized spacial score (nSPS) is 14.5. The molecule has 0 fully saturated rings. The molecule has 0 bridgehead atoms. The third-order valence-electron chi connectivity index (χ3n) is 3.58. The summed E-state index contributed by atoms with van der Waals surface area (Å²) >= 11 is 0. The molecule has 22 heavy (non-hydrogen) atoms. The molecule has 5 heteroatoms. The number of anilines is 1. The van der Waals surface area contributed by atoms with Gasteiger partial charge in [0.1, 0.15) is 5.60 Å². The first-order valence-electron chi connectivity index (χ1n) is 7.93. The van der Waals surface area contributed by atoms with Crippen LogP contribution in [0.25, 0.3) is 0 Å². The SMILES string of the molecule is CC(C)(C)OC(=O)N1CCc2ccc(NCCCN)cc2C1. The number of ether oxygens (including phenoxy) is 1. The first kappa shape index (κ1) is 16.6. The number of fused-ring (bicyclic) bond motifs is 1. The van der Waals surface area contributed by atoms with E-state index in [2.05, 4.69) is 23.5 Å². The Morgan fingerprint density at radius 2 is 2.14 bits per heavy atom. The minimum absolute atomic E-state index is 0.236. The van der Waals surface area contributed by atoms with Gasteiger partial charge < -0.3 is 20.7 Å². The van der Waals surface area contributed by atoms with E-state index < -0.39 is 5.60 Å². The molecule has 1 aliphatic heterocycles. The number of carbonyl (C=O) groups is 1. The Morgan fingerprint density at radius 3 is 2.82 bits per heavy atom. The maximum absolute atomic E-state index is 12.2. The maximum Gasteiger partial charge on any atom is 0.410 e. The van der Waals surface area contributed by atoms with Gasteiger partial charge in [-0.1, -0.05) is 6.07 Å². The highest BCUT2D eigenvalue weighted by atomic mass is 16.6. The molecule has 0 atom stereocenters. The van der Waals surface area contributed by atoms with Crippen molar-refractivity contribution in [2.75, 3.05) is 25.0 Å². The standard InChI is InChI=1S/C17H27N3O2/c1-17(2,3)22-16(21)20-10-7-13-5-6-15(11-14(13)12-20)19-9-4-8-18/h5-6,11,19H,4,7-10,12,18H2,1-3H3. The average molecular weight is 305 g/mol. The minimum atomic E-state index is -0.455. The molecule has 0 radical (unpaired) electrons. The van der Waals surface area contributed by atoms with Crippen molar-refractivity contribution in [3.05, 3.63) is 29.3 Å². The van der Waals surface area contributed by atoms with Crippen molar-refractivity contribution >= 4 is 11.8 Å². The summed E-state index contributed by atoms with van der Waals surface area (Å²) in [6, 6.07) is 6.37. The number of benzene rings is 1. The van der Waals surface area contributed by atoms with Crippen LogP contribution in [0.4, 0.5) is 10.5 Å². The highest BCUT2D eigenvalue weighted by molar-refractivity contribution is 5.69. The molecule has 0 saturated heterocycles. The summed E-state index contributed by atoms with van der Waals surface area (Å²) in [5.41, 5.74) is 8.63. The number of carbonyl (C=O) groups excluding carboxylic acids is 1. The summed E-state index contributed by atoms with van der Waals surface area (Å²) in [6.07, 6.45) is 1.58. The summed E-state index contributed by atoms with van der Waals surface area (Å²) in [4.78, 5) is 14.0. The summed E-state index contributed by atoms with van der Waals surface area (Å²) in [7, 11) is 0. The first-order chi connectivity index (χ1) is 10.4. The van der Waals surface area contributed by atoms with Gasteiger partial charge >= 0.3 is 6.09 Å². The highest BCUT2D eigenvalue weighted by Gasteiger charge is 2.25. The van der Waals surface area contributed by atoms with Crippen LogP contribution in [0.1, 0.15) is 38.3 Å². The zero-order chi connectivity index (χ0) is 16.2. The molecule has 1 aliphatic rings. The minimum Gasteiger partial charge on any atom is -0.444 e. The third kappa shape index (κ3) is 4.63. The van der Waals surface area contributed by atoms with Gasteiger partial charge in [-0.15, -0.1) is 0 Å². The van der Waals surface area contributed by atoms with Crippen molar-refractivity contribution in [2.24, 2.45) is 5.73 Å². The van der Waals surface area contributed by atoms with E-state index in [4.69, 9.17) is 10.5 Å². The first-order valence-corrected chi connectivity index (χ1v) is 7.93. The Hall–Kier alpha value is -1.75. The van der Waals surface area contributed by atoms with E-state index in [-0.39, 0.29) is 6.09 Å². The van der Waals surface area contributed by atoms with Crippen LogP contribution in [0, 0.1) is 0 Å². The molecule has 3 N–H and O–H groups in total. The summed E-state index contributed by atoms with van der Waals surface area (Å²) in [5.74, 6) is 0. The molecular weight excluding hydrogens is 278 g/mol. The van der Waals surface area contributed by atoms with Crippen molar-refractivity contribution in [1.82, 2.24) is 4.90 Å². The van der Waals surface area contributed by atoms with Crippen molar-refractivity contribution < 1.29 is 9.53 Å². The van der Waals surface area contributed by atoms with E-state index in [9.17, 15) is 4.79 Å². The molecule has 0 spiro atoms. The summed E-state index contributed by atoms with van der Waals surface area (Å²) in [5, 5.41) is 3.36. The zero-order valence-electron chi connectivity index (χ0n) is 13.8. The lowest BCUT2D eigenvalue weighted by Crippen LogP contribution is -2.39. The Balaban J connectivity index is 2.02. The molecule has 0 saturated carbocycles. The van der Waals surface area contributed by atoms with Crippen LogP contribution in [-0.2, 0) is 17.7 Å². The van der Waals surface area contributed by atoms with E-state index in [0.29, 0.717) is 19.6 Å². The number of amides is 1. The molecule has 1 heterocycles. The van der Waals surface area contributed by atoms with Gasteiger partial charge in [0.15, 0.2) is 0 Å². The van der Waals surface area contributed by atoms with Crippen LogP contribution in [0.5, 0.6) is 0 Å². The quantitative estimate of drug-likeness (QED) is 0.839. The van der Waals surface area contributed by atoms with Gasteiger partial charge in [0.05, 0.1) is 0 Å². The lowest BCUT2D eigenvalue weighted by atomic mass is 9.99. The van der Waals surface area contributed by atoms with Gasteiger partial charge in [-0.3, -0.25) is 0 Å². The smallest absolute Gasteiger partial charge is 0.410 e. The number of hydrogen-bond donors (Lipinski definition) is 2. The Kier molecular flexibility index (Phi) is 5.29. The molecular formula is C17H27N3O2. The van der Waals surface area contributed by atoms with Crippen LogP contribution in [0.3, 0.4) is 0 Å². The molecule has 0 unspecified atom stereocenters. The van der Waals surface area contributed by atoms with Gasteiger partial charge in [-0.25, -0.2) is 4.79 Å². The monoisotopic (exact) mass is 305 g/mol. The fourth-order valence-corrected chi connectivity index (χ4v) is 2.48. The van der Waals surface area contributed by atoms with E-state index in [1.807, 2.05) is 20.8 Å². The molecule has 0 aromatic heterocycles. The zero-order valence-corrected chi connectivity index (χ0v) is 13.8. The number of nitrogens with zero attached hydrogens (tertiary/aromatic N) is 1. The second-order valence-corrected chi connectivity index (χ2v) is 6.70. The molecule has 5 nitrogen and oxygen atoms in total. The number of nitrogens with one attached hydrogen (secondary N) is 1. The Labute approximate surface area is 132 Å². The van der Waals surface area contributed by atoms with Crippen molar-refractivity contribution in [2.45, 2.75) is 45.8 Å². The van der Waals surface area contributed by atoms with Gasteiger partial charge in [-0.2, -0.15) is 0 Å². The average Bonchev–Trinajstić information content (AvgIpc) is 2.45. The lowest BCUT2D eigenvalue weighted by molar-refractivity contribution is 0.0224. The largest absolute Gasteiger partial charge is 0.444 e. The predicted molar refractivity (Wildman–Crippen MR) is 89.0 cm³/mol. The van der Waals surface area contributed by atoms with Crippen molar-refractivity contribution in [3.63, 3.8) is 0 Å². The second kappa shape index (κ2) is 7.01. The lowest BCUT2D eigenvalue weighted by Gasteiger charge is -2.31. The fourth-order valence-electron chi connectivity index (χ4n) is 2.48.